The number of allylic oxidation sites excluding steroid dienone is 3. The highest BCUT2D eigenvalue weighted by Gasteiger charge is 2.43. The van der Waals surface area contributed by atoms with Gasteiger partial charge in [-0.1, -0.05) is 46.3 Å². The first-order valence-corrected chi connectivity index (χ1v) is 13.4. The zero-order valence-corrected chi connectivity index (χ0v) is 21.7. The minimum absolute atomic E-state index is 0.0471. The number of dihydropyridines is 1. The fourth-order valence-electron chi connectivity index (χ4n) is 5.96. The summed E-state index contributed by atoms with van der Waals surface area (Å²) in [4.78, 5) is 27.5. The molecule has 0 spiro atoms. The number of fused-ring (bicyclic) bond motifs is 1. The fourth-order valence-corrected chi connectivity index (χ4v) is 6.51. The Hall–Kier alpha value is -3.06. The van der Waals surface area contributed by atoms with Gasteiger partial charge < -0.3 is 19.5 Å². The molecule has 1 fully saturated rings. The molecule has 186 valence electrons. The molecular weight excluding hydrogens is 522 g/mol. The molecule has 2 atom stereocenters. The van der Waals surface area contributed by atoms with Gasteiger partial charge in [-0.25, -0.2) is 4.79 Å². The number of hydrogen-bond acceptors (Lipinski definition) is 6. The first-order valence-electron chi connectivity index (χ1n) is 12.6. The zero-order valence-electron chi connectivity index (χ0n) is 20.1. The maximum atomic E-state index is 13.8. The third kappa shape index (κ3) is 4.13. The third-order valence-corrected chi connectivity index (χ3v) is 8.38. The Labute approximate surface area is 218 Å². The Kier molecular flexibility index (Phi) is 6.12. The fraction of sp³-hybridized carbons (Fsp3) is 0.379. The van der Waals surface area contributed by atoms with Crippen molar-refractivity contribution in [3.05, 3.63) is 80.6 Å². The summed E-state index contributed by atoms with van der Waals surface area (Å²) in [5, 5.41) is 3.44. The highest BCUT2D eigenvalue weighted by atomic mass is 79.9. The molecular formula is C29H28BrNO5. The second-order valence-corrected chi connectivity index (χ2v) is 10.8. The second kappa shape index (κ2) is 9.43. The highest BCUT2D eigenvalue weighted by Crippen LogP contribution is 2.49. The van der Waals surface area contributed by atoms with E-state index < -0.39 is 5.92 Å². The van der Waals surface area contributed by atoms with E-state index in [9.17, 15) is 9.59 Å². The minimum atomic E-state index is -0.553. The molecule has 0 saturated heterocycles. The molecule has 0 aromatic heterocycles. The van der Waals surface area contributed by atoms with E-state index in [1.807, 2.05) is 37.3 Å². The molecule has 7 heteroatoms. The molecule has 2 aromatic carbocycles. The maximum Gasteiger partial charge on any atom is 0.337 e. The lowest BCUT2D eigenvalue weighted by Gasteiger charge is -2.37. The van der Waals surface area contributed by atoms with Crippen molar-refractivity contribution in [2.24, 2.45) is 0 Å². The maximum absolute atomic E-state index is 13.8. The van der Waals surface area contributed by atoms with Gasteiger partial charge in [-0.3, -0.25) is 4.79 Å². The van der Waals surface area contributed by atoms with Crippen LogP contribution in [0.15, 0.2) is 69.5 Å². The van der Waals surface area contributed by atoms with Crippen molar-refractivity contribution in [1.82, 2.24) is 5.32 Å². The van der Waals surface area contributed by atoms with Gasteiger partial charge >= 0.3 is 5.97 Å². The average Bonchev–Trinajstić information content (AvgIpc) is 3.54. The number of carbonyl (C=O) groups excluding carboxylic acids is 2. The molecule has 1 saturated carbocycles. The Balaban J connectivity index is 1.44. The van der Waals surface area contributed by atoms with Gasteiger partial charge in [0.2, 0.25) is 6.79 Å². The number of esters is 1. The summed E-state index contributed by atoms with van der Waals surface area (Å²) in [6.45, 7) is 2.05. The number of hydrogen-bond donors (Lipinski definition) is 1. The van der Waals surface area contributed by atoms with Crippen molar-refractivity contribution >= 4 is 27.7 Å². The Morgan fingerprint density at radius 1 is 1.06 bits per heavy atom. The molecule has 2 aliphatic carbocycles. The lowest BCUT2D eigenvalue weighted by atomic mass is 9.71. The number of rotatable bonds is 4. The summed E-state index contributed by atoms with van der Waals surface area (Å²) >= 11 is 3.69. The van der Waals surface area contributed by atoms with Crippen LogP contribution in [0, 0.1) is 0 Å². The van der Waals surface area contributed by atoms with Crippen molar-refractivity contribution < 1.29 is 23.8 Å². The van der Waals surface area contributed by atoms with E-state index >= 15 is 0 Å². The van der Waals surface area contributed by atoms with Gasteiger partial charge in [0.25, 0.3) is 0 Å². The average molecular weight is 550 g/mol. The number of Topliss-reactive ketones (excluding diaryl/α,β-unsaturated/α-hetero) is 1. The van der Waals surface area contributed by atoms with Crippen LogP contribution in [0.5, 0.6) is 11.5 Å². The minimum Gasteiger partial charge on any atom is -0.459 e. The highest BCUT2D eigenvalue weighted by molar-refractivity contribution is 9.10. The molecule has 6 rings (SSSR count). The molecule has 36 heavy (non-hydrogen) atoms. The second-order valence-electron chi connectivity index (χ2n) is 9.97. The van der Waals surface area contributed by atoms with Gasteiger partial charge in [0, 0.05) is 33.8 Å². The quantitative estimate of drug-likeness (QED) is 0.469. The monoisotopic (exact) mass is 549 g/mol. The normalized spacial score (nSPS) is 23.6. The van der Waals surface area contributed by atoms with Crippen molar-refractivity contribution in [2.75, 3.05) is 6.79 Å². The predicted molar refractivity (Wildman–Crippen MR) is 138 cm³/mol. The summed E-state index contributed by atoms with van der Waals surface area (Å²) in [5.41, 5.74) is 4.69. The molecule has 0 amide bonds. The lowest BCUT2D eigenvalue weighted by Crippen LogP contribution is -2.36. The first kappa shape index (κ1) is 23.3. The summed E-state index contributed by atoms with van der Waals surface area (Å²) in [7, 11) is 0. The van der Waals surface area contributed by atoms with Crippen molar-refractivity contribution in [3.63, 3.8) is 0 Å². The zero-order chi connectivity index (χ0) is 24.8. The first-order chi connectivity index (χ1) is 17.5. The summed E-state index contributed by atoms with van der Waals surface area (Å²) in [5.74, 6) is 0.481. The number of benzene rings is 2. The van der Waals surface area contributed by atoms with E-state index in [2.05, 4.69) is 33.4 Å². The van der Waals surface area contributed by atoms with Gasteiger partial charge in [0.15, 0.2) is 17.3 Å². The molecule has 6 nitrogen and oxygen atoms in total. The van der Waals surface area contributed by atoms with E-state index in [1.54, 1.807) is 0 Å². The van der Waals surface area contributed by atoms with Crippen LogP contribution in [0.4, 0.5) is 0 Å². The van der Waals surface area contributed by atoms with E-state index in [0.29, 0.717) is 35.5 Å². The summed E-state index contributed by atoms with van der Waals surface area (Å²) < 4.78 is 17.9. The topological polar surface area (TPSA) is 73.9 Å². The third-order valence-electron chi connectivity index (χ3n) is 7.70. The van der Waals surface area contributed by atoms with Crippen molar-refractivity contribution in [3.8, 4) is 11.5 Å². The predicted octanol–water partition coefficient (Wildman–Crippen LogP) is 6.03. The summed E-state index contributed by atoms with van der Waals surface area (Å²) in [6, 6.07) is 13.9. The van der Waals surface area contributed by atoms with Crippen LogP contribution in [-0.2, 0) is 14.3 Å². The van der Waals surface area contributed by atoms with Gasteiger partial charge in [-0.05, 0) is 68.2 Å². The van der Waals surface area contributed by atoms with Gasteiger partial charge in [-0.15, -0.1) is 0 Å². The van der Waals surface area contributed by atoms with Crippen LogP contribution in [0.1, 0.15) is 68.4 Å². The number of nitrogens with one attached hydrogen (secondary N) is 1. The van der Waals surface area contributed by atoms with E-state index in [0.717, 1.165) is 52.7 Å². The van der Waals surface area contributed by atoms with E-state index in [-0.39, 0.29) is 30.6 Å². The Morgan fingerprint density at radius 2 is 1.78 bits per heavy atom. The standard InChI is InChI=1S/C29H28BrNO5/c1-16-26(29(33)36-19-9-5-6-10-19)27(20-13-24-25(14-21(20)30)35-15-34-24)28-22(31-16)11-18(12-23(28)32)17-7-3-2-4-8-17/h2-4,7-8,13-14,18-19,27,31H,5-6,9-12,15H2,1H3. The molecule has 0 radical (unpaired) electrons. The largest absolute Gasteiger partial charge is 0.459 e. The molecule has 2 unspecified atom stereocenters. The van der Waals surface area contributed by atoms with Crippen LogP contribution in [0.3, 0.4) is 0 Å². The molecule has 4 aliphatic rings. The van der Waals surface area contributed by atoms with Gasteiger partial charge in [0.05, 0.1) is 5.57 Å². The van der Waals surface area contributed by atoms with Crippen LogP contribution < -0.4 is 14.8 Å². The van der Waals surface area contributed by atoms with Crippen LogP contribution in [0.25, 0.3) is 0 Å². The smallest absolute Gasteiger partial charge is 0.337 e. The molecule has 1 N–H and O–H groups in total. The molecule has 0 bridgehead atoms. The molecule has 2 heterocycles. The van der Waals surface area contributed by atoms with Crippen LogP contribution >= 0.6 is 15.9 Å². The number of ketones is 1. The van der Waals surface area contributed by atoms with Crippen LogP contribution in [0.2, 0.25) is 0 Å². The molecule has 2 aromatic rings. The van der Waals surface area contributed by atoms with Crippen LogP contribution in [-0.4, -0.2) is 24.6 Å². The molecule has 2 aliphatic heterocycles. The SMILES string of the molecule is CC1=C(C(=O)OC2CCCC2)C(c2cc3c(cc2Br)OCO3)C2=C(CC(c3ccccc3)CC2=O)N1. The van der Waals surface area contributed by atoms with Crippen molar-refractivity contribution in [2.45, 2.75) is 63.4 Å². The van der Waals surface area contributed by atoms with E-state index in [4.69, 9.17) is 14.2 Å². The Morgan fingerprint density at radius 3 is 2.53 bits per heavy atom. The van der Waals surface area contributed by atoms with Crippen molar-refractivity contribution in [1.29, 1.82) is 0 Å². The Bertz CT molecular complexity index is 1290. The van der Waals surface area contributed by atoms with Gasteiger partial charge in [0.1, 0.15) is 6.10 Å². The number of ether oxygens (including phenoxy) is 3. The van der Waals surface area contributed by atoms with Gasteiger partial charge in [-0.2, -0.15) is 0 Å². The number of halogens is 1. The van der Waals surface area contributed by atoms with E-state index in [1.165, 1.54) is 0 Å². The number of carbonyl (C=O) groups is 2. The summed E-state index contributed by atoms with van der Waals surface area (Å²) in [6.07, 6.45) is 4.93. The lowest BCUT2D eigenvalue weighted by molar-refractivity contribution is -0.144.